The Hall–Kier alpha value is -0.850. The Kier molecular flexibility index (Phi) is 4.38. The summed E-state index contributed by atoms with van der Waals surface area (Å²) < 4.78 is 10.5. The largest absolute Gasteiger partial charge is 0.378 e. The Balaban J connectivity index is 1.59. The van der Waals surface area contributed by atoms with Gasteiger partial charge in [0.15, 0.2) is 0 Å². The molecule has 2 heterocycles. The first-order valence-electron chi connectivity index (χ1n) is 5.72. The average molecular weight is 230 g/mol. The average Bonchev–Trinajstić information content (AvgIpc) is 2.83. The molecule has 0 bridgehead atoms. The van der Waals surface area contributed by atoms with Crippen LogP contribution in [0.5, 0.6) is 0 Å². The number of nitrogens with one attached hydrogen (secondary N) is 1. The zero-order chi connectivity index (χ0) is 11.2. The van der Waals surface area contributed by atoms with E-state index in [-0.39, 0.29) is 12.1 Å². The van der Waals surface area contributed by atoms with E-state index in [2.05, 4.69) is 5.48 Å². The van der Waals surface area contributed by atoms with Gasteiger partial charge in [0.2, 0.25) is 0 Å². The molecule has 6 nitrogen and oxygen atoms in total. The van der Waals surface area contributed by atoms with E-state index in [1.807, 2.05) is 0 Å². The van der Waals surface area contributed by atoms with E-state index < -0.39 is 0 Å². The van der Waals surface area contributed by atoms with E-state index >= 15 is 0 Å². The number of hydroxylamine groups is 1. The highest BCUT2D eigenvalue weighted by Crippen LogP contribution is 2.11. The number of hydrogen-bond acceptors (Lipinski definition) is 4. The van der Waals surface area contributed by atoms with Gasteiger partial charge in [0.25, 0.3) is 0 Å². The molecule has 2 aliphatic heterocycles. The van der Waals surface area contributed by atoms with Gasteiger partial charge in [-0.1, -0.05) is 0 Å². The van der Waals surface area contributed by atoms with Crippen molar-refractivity contribution in [2.24, 2.45) is 0 Å². The van der Waals surface area contributed by atoms with Crippen LogP contribution in [-0.4, -0.2) is 56.6 Å². The summed E-state index contributed by atoms with van der Waals surface area (Å²) in [6, 6.07) is -0.193. The first-order chi connectivity index (χ1) is 7.86. The van der Waals surface area contributed by atoms with Crippen molar-refractivity contribution >= 4 is 6.03 Å². The third kappa shape index (κ3) is 3.33. The second-order valence-electron chi connectivity index (χ2n) is 3.95. The summed E-state index contributed by atoms with van der Waals surface area (Å²) in [5.74, 6) is 0. The number of hydrogen-bond donors (Lipinski definition) is 1. The number of nitrogens with zero attached hydrogens (tertiary/aromatic N) is 1. The molecule has 2 amide bonds. The van der Waals surface area contributed by atoms with Crippen LogP contribution in [0.2, 0.25) is 0 Å². The molecule has 2 saturated heterocycles. The zero-order valence-electron chi connectivity index (χ0n) is 9.31. The van der Waals surface area contributed by atoms with Crippen molar-refractivity contribution in [1.82, 2.24) is 10.4 Å². The summed E-state index contributed by atoms with van der Waals surface area (Å²) in [7, 11) is 0. The van der Waals surface area contributed by atoms with E-state index in [4.69, 9.17) is 14.3 Å². The molecule has 16 heavy (non-hydrogen) atoms. The van der Waals surface area contributed by atoms with Crippen molar-refractivity contribution in [2.75, 3.05) is 39.5 Å². The van der Waals surface area contributed by atoms with Gasteiger partial charge in [-0.05, 0) is 12.8 Å². The van der Waals surface area contributed by atoms with Crippen LogP contribution in [0.4, 0.5) is 4.79 Å². The smallest absolute Gasteiger partial charge is 0.341 e. The topological polar surface area (TPSA) is 60.0 Å². The number of urea groups is 1. The highest BCUT2D eigenvalue weighted by molar-refractivity contribution is 5.73. The van der Waals surface area contributed by atoms with E-state index in [0.717, 1.165) is 19.4 Å². The van der Waals surface area contributed by atoms with Crippen molar-refractivity contribution in [1.29, 1.82) is 0 Å². The maximum atomic E-state index is 11.6. The highest BCUT2D eigenvalue weighted by Gasteiger charge is 2.19. The van der Waals surface area contributed by atoms with Gasteiger partial charge in [0, 0.05) is 19.7 Å². The third-order valence-corrected chi connectivity index (χ3v) is 2.75. The predicted molar refractivity (Wildman–Crippen MR) is 55.8 cm³/mol. The molecule has 2 fully saturated rings. The van der Waals surface area contributed by atoms with Crippen molar-refractivity contribution in [2.45, 2.75) is 18.9 Å². The van der Waals surface area contributed by atoms with Crippen molar-refractivity contribution in [3.05, 3.63) is 0 Å². The fraction of sp³-hybridized carbons (Fsp3) is 0.900. The molecule has 0 aliphatic carbocycles. The lowest BCUT2D eigenvalue weighted by Gasteiger charge is -2.26. The van der Waals surface area contributed by atoms with Crippen molar-refractivity contribution in [3.63, 3.8) is 0 Å². The Morgan fingerprint density at radius 1 is 1.38 bits per heavy atom. The first kappa shape index (κ1) is 11.6. The van der Waals surface area contributed by atoms with Gasteiger partial charge in [-0.15, -0.1) is 0 Å². The maximum absolute atomic E-state index is 11.6. The number of ether oxygens (including phenoxy) is 2. The molecule has 92 valence electrons. The Bertz CT molecular complexity index is 225. The monoisotopic (exact) mass is 230 g/mol. The molecule has 1 atom stereocenters. The molecule has 0 saturated carbocycles. The van der Waals surface area contributed by atoms with Crippen LogP contribution >= 0.6 is 0 Å². The number of rotatable bonds is 3. The fourth-order valence-electron chi connectivity index (χ4n) is 1.80. The van der Waals surface area contributed by atoms with Gasteiger partial charge in [0.1, 0.15) is 6.61 Å². The summed E-state index contributed by atoms with van der Waals surface area (Å²) in [4.78, 5) is 18.4. The Morgan fingerprint density at radius 3 is 2.88 bits per heavy atom. The number of carbonyl (C=O) groups is 1. The Labute approximate surface area is 94.8 Å². The molecule has 1 unspecified atom stereocenters. The number of amides is 2. The quantitative estimate of drug-likeness (QED) is 0.701. The lowest BCUT2D eigenvalue weighted by atomic mass is 10.2. The van der Waals surface area contributed by atoms with Gasteiger partial charge in [-0.3, -0.25) is 4.84 Å². The highest BCUT2D eigenvalue weighted by atomic mass is 16.7. The van der Waals surface area contributed by atoms with Crippen LogP contribution in [0.15, 0.2) is 0 Å². The summed E-state index contributed by atoms with van der Waals surface area (Å²) in [5.41, 5.74) is 2.43. The summed E-state index contributed by atoms with van der Waals surface area (Å²) in [5, 5.41) is 0. The molecule has 0 aromatic heterocycles. The normalized spacial score (nSPS) is 25.8. The number of morpholine rings is 1. The summed E-state index contributed by atoms with van der Waals surface area (Å²) in [6.07, 6.45) is 2.21. The van der Waals surface area contributed by atoms with Gasteiger partial charge in [-0.2, -0.15) is 0 Å². The van der Waals surface area contributed by atoms with E-state index in [1.54, 1.807) is 4.90 Å². The molecule has 0 aromatic rings. The van der Waals surface area contributed by atoms with Crippen LogP contribution in [-0.2, 0) is 14.3 Å². The lowest BCUT2D eigenvalue weighted by Crippen LogP contribution is -2.46. The zero-order valence-corrected chi connectivity index (χ0v) is 9.31. The number of carbonyl (C=O) groups excluding carboxylic acids is 1. The minimum atomic E-state index is -0.193. The van der Waals surface area contributed by atoms with Crippen LogP contribution in [0.1, 0.15) is 12.8 Å². The van der Waals surface area contributed by atoms with Gasteiger partial charge in [-0.25, -0.2) is 10.3 Å². The van der Waals surface area contributed by atoms with Gasteiger partial charge in [0.05, 0.1) is 19.3 Å². The molecule has 0 spiro atoms. The minimum Gasteiger partial charge on any atom is -0.378 e. The van der Waals surface area contributed by atoms with Crippen LogP contribution < -0.4 is 5.48 Å². The van der Waals surface area contributed by atoms with Crippen molar-refractivity contribution < 1.29 is 19.1 Å². The molecular formula is C10H18N2O4. The van der Waals surface area contributed by atoms with Crippen LogP contribution in [0.3, 0.4) is 0 Å². The maximum Gasteiger partial charge on any atom is 0.341 e. The SMILES string of the molecule is O=C(NOCC1CCCO1)N1CCOCC1. The standard InChI is InChI=1S/C10H18N2O4/c13-10(12-3-6-14-7-4-12)11-16-8-9-2-1-5-15-9/h9H,1-8H2,(H,11,13). The van der Waals surface area contributed by atoms with E-state index in [9.17, 15) is 4.79 Å². The van der Waals surface area contributed by atoms with Crippen molar-refractivity contribution in [3.8, 4) is 0 Å². The van der Waals surface area contributed by atoms with Gasteiger partial charge < -0.3 is 14.4 Å². The molecular weight excluding hydrogens is 212 g/mol. The molecule has 0 aromatic carbocycles. The minimum absolute atomic E-state index is 0.130. The second-order valence-corrected chi connectivity index (χ2v) is 3.95. The Morgan fingerprint density at radius 2 is 2.19 bits per heavy atom. The molecule has 1 N–H and O–H groups in total. The van der Waals surface area contributed by atoms with Gasteiger partial charge >= 0.3 is 6.03 Å². The first-order valence-corrected chi connectivity index (χ1v) is 5.72. The third-order valence-electron chi connectivity index (χ3n) is 2.75. The fourth-order valence-corrected chi connectivity index (χ4v) is 1.80. The predicted octanol–water partition coefficient (Wildman–Crippen LogP) is 0.139. The van der Waals surface area contributed by atoms with Crippen LogP contribution in [0, 0.1) is 0 Å². The molecule has 0 radical (unpaired) electrons. The van der Waals surface area contributed by atoms with E-state index in [1.165, 1.54) is 0 Å². The molecule has 6 heteroatoms. The summed E-state index contributed by atoms with van der Waals surface area (Å²) >= 11 is 0. The summed E-state index contributed by atoms with van der Waals surface area (Å²) in [6.45, 7) is 3.66. The van der Waals surface area contributed by atoms with Crippen LogP contribution in [0.25, 0.3) is 0 Å². The van der Waals surface area contributed by atoms with E-state index in [0.29, 0.717) is 32.9 Å². The second kappa shape index (κ2) is 6.03. The molecule has 2 aliphatic rings. The lowest BCUT2D eigenvalue weighted by molar-refractivity contribution is -0.0257. The molecule has 2 rings (SSSR count).